The van der Waals surface area contributed by atoms with Gasteiger partial charge in [0.1, 0.15) is 0 Å². The molecular formula is C25H21BrCl2N4OS. The van der Waals surface area contributed by atoms with Crippen LogP contribution >= 0.6 is 50.9 Å². The Balaban J connectivity index is 1.67. The van der Waals surface area contributed by atoms with Crippen LogP contribution in [0.1, 0.15) is 40.3 Å². The molecule has 4 aromatic rings. The van der Waals surface area contributed by atoms with Crippen molar-refractivity contribution in [2.24, 2.45) is 0 Å². The molecule has 0 radical (unpaired) electrons. The first-order chi connectivity index (χ1) is 16.3. The van der Waals surface area contributed by atoms with Crippen LogP contribution in [0.3, 0.4) is 0 Å². The monoisotopic (exact) mass is 574 g/mol. The van der Waals surface area contributed by atoms with Gasteiger partial charge in [-0.15, -0.1) is 10.2 Å². The summed E-state index contributed by atoms with van der Waals surface area (Å²) in [6.07, 6.45) is 0. The van der Waals surface area contributed by atoms with Crippen LogP contribution in [0.4, 0.5) is 0 Å². The van der Waals surface area contributed by atoms with E-state index in [0.29, 0.717) is 32.3 Å². The highest BCUT2D eigenvalue weighted by atomic mass is 79.9. The molecule has 0 saturated heterocycles. The molecule has 9 heteroatoms. The highest BCUT2D eigenvalue weighted by molar-refractivity contribution is 9.10. The smallest absolute Gasteiger partial charge is 0.251 e. The van der Waals surface area contributed by atoms with Crippen molar-refractivity contribution in [3.8, 4) is 5.69 Å². The lowest BCUT2D eigenvalue weighted by atomic mass is 10.1. The Labute approximate surface area is 221 Å². The number of carbonyl (C=O) groups excluding carboxylic acids is 1. The van der Waals surface area contributed by atoms with Gasteiger partial charge in [-0.05, 0) is 61.4 Å². The summed E-state index contributed by atoms with van der Waals surface area (Å²) in [5, 5.41) is 13.6. The maximum absolute atomic E-state index is 12.9. The molecule has 1 atom stereocenters. The van der Waals surface area contributed by atoms with Crippen molar-refractivity contribution in [3.05, 3.63) is 104 Å². The van der Waals surface area contributed by atoms with Gasteiger partial charge in [-0.3, -0.25) is 9.36 Å². The minimum Gasteiger partial charge on any atom is -0.342 e. The second kappa shape index (κ2) is 11.0. The second-order valence-corrected chi connectivity index (χ2v) is 10.4. The van der Waals surface area contributed by atoms with E-state index >= 15 is 0 Å². The largest absolute Gasteiger partial charge is 0.342 e. The summed E-state index contributed by atoms with van der Waals surface area (Å²) in [6.45, 7) is 3.96. The standard InChI is InChI=1S/C25H21BrCl2N4OS/c1-15-6-3-4-7-18(15)14-34-25-31-30-23(32(25)22-11-10-20(27)13-21(22)28)16(2)29-24(33)17-8-5-9-19(26)12-17/h3-13,16H,14H2,1-2H3,(H,29,33). The zero-order valence-corrected chi connectivity index (χ0v) is 22.3. The number of aryl methyl sites for hydroxylation is 1. The summed E-state index contributed by atoms with van der Waals surface area (Å²) in [7, 11) is 0. The molecule has 0 spiro atoms. The number of hydrogen-bond acceptors (Lipinski definition) is 4. The Morgan fingerprint density at radius 3 is 2.62 bits per heavy atom. The SMILES string of the molecule is Cc1ccccc1CSc1nnc(C(C)NC(=O)c2cccc(Br)c2)n1-c1ccc(Cl)cc1Cl. The van der Waals surface area contributed by atoms with Crippen molar-refractivity contribution in [3.63, 3.8) is 0 Å². The first-order valence-electron chi connectivity index (χ1n) is 10.5. The third-order valence-electron chi connectivity index (χ3n) is 5.25. The minimum atomic E-state index is -0.432. The van der Waals surface area contributed by atoms with Crippen LogP contribution in [0.2, 0.25) is 10.0 Å². The van der Waals surface area contributed by atoms with Crippen molar-refractivity contribution in [2.45, 2.75) is 30.8 Å². The lowest BCUT2D eigenvalue weighted by molar-refractivity contribution is 0.0938. The van der Waals surface area contributed by atoms with Crippen LogP contribution in [0.15, 0.2) is 76.4 Å². The van der Waals surface area contributed by atoms with Crippen LogP contribution in [-0.2, 0) is 5.75 Å². The third-order valence-corrected chi connectivity index (χ3v) is 7.26. The molecule has 0 aliphatic carbocycles. The molecule has 0 aliphatic heterocycles. The number of amides is 1. The Morgan fingerprint density at radius 1 is 1.09 bits per heavy atom. The second-order valence-electron chi connectivity index (χ2n) is 7.69. The van der Waals surface area contributed by atoms with Crippen LogP contribution < -0.4 is 5.32 Å². The van der Waals surface area contributed by atoms with E-state index in [1.165, 1.54) is 11.1 Å². The summed E-state index contributed by atoms with van der Waals surface area (Å²) in [4.78, 5) is 12.9. The number of benzene rings is 3. The Bertz CT molecular complexity index is 1340. The van der Waals surface area contributed by atoms with E-state index in [2.05, 4.69) is 50.5 Å². The maximum Gasteiger partial charge on any atom is 0.251 e. The molecular weight excluding hydrogens is 555 g/mol. The average molecular weight is 576 g/mol. The molecule has 34 heavy (non-hydrogen) atoms. The average Bonchev–Trinajstić information content (AvgIpc) is 3.22. The van der Waals surface area contributed by atoms with Crippen LogP contribution in [0.25, 0.3) is 5.69 Å². The van der Waals surface area contributed by atoms with Crippen LogP contribution in [-0.4, -0.2) is 20.7 Å². The summed E-state index contributed by atoms with van der Waals surface area (Å²) < 4.78 is 2.71. The van der Waals surface area contributed by atoms with Crippen LogP contribution in [0, 0.1) is 6.92 Å². The van der Waals surface area contributed by atoms with Gasteiger partial charge in [-0.1, -0.05) is 81.2 Å². The molecule has 1 unspecified atom stereocenters. The molecule has 0 aliphatic rings. The maximum atomic E-state index is 12.9. The molecule has 1 amide bonds. The first-order valence-corrected chi connectivity index (χ1v) is 13.0. The lowest BCUT2D eigenvalue weighted by Gasteiger charge is -2.17. The van der Waals surface area contributed by atoms with Gasteiger partial charge in [0, 0.05) is 20.8 Å². The molecule has 1 heterocycles. The summed E-state index contributed by atoms with van der Waals surface area (Å²) in [5.41, 5.74) is 3.66. The van der Waals surface area contributed by atoms with Crippen molar-refractivity contribution in [2.75, 3.05) is 0 Å². The van der Waals surface area contributed by atoms with E-state index in [1.54, 1.807) is 36.0 Å². The fourth-order valence-corrected chi connectivity index (χ4v) is 5.35. The normalized spacial score (nSPS) is 11.9. The zero-order chi connectivity index (χ0) is 24.2. The highest BCUT2D eigenvalue weighted by Gasteiger charge is 2.23. The predicted molar refractivity (Wildman–Crippen MR) is 142 cm³/mol. The topological polar surface area (TPSA) is 59.8 Å². The fourth-order valence-electron chi connectivity index (χ4n) is 3.43. The number of hydrogen-bond donors (Lipinski definition) is 1. The lowest BCUT2D eigenvalue weighted by Crippen LogP contribution is -2.28. The fraction of sp³-hybridized carbons (Fsp3) is 0.160. The van der Waals surface area contributed by atoms with Crippen LogP contribution in [0.5, 0.6) is 0 Å². The Morgan fingerprint density at radius 2 is 1.88 bits per heavy atom. The van der Waals surface area contributed by atoms with Gasteiger partial charge in [0.05, 0.1) is 16.8 Å². The molecule has 5 nitrogen and oxygen atoms in total. The van der Waals surface area contributed by atoms with E-state index < -0.39 is 6.04 Å². The van der Waals surface area contributed by atoms with E-state index in [0.717, 1.165) is 10.2 Å². The number of halogens is 3. The molecule has 3 aromatic carbocycles. The quantitative estimate of drug-likeness (QED) is 0.233. The molecule has 0 bridgehead atoms. The van der Waals surface area contributed by atoms with E-state index in [1.807, 2.05) is 41.8 Å². The van der Waals surface area contributed by atoms with E-state index in [4.69, 9.17) is 23.2 Å². The van der Waals surface area contributed by atoms with Gasteiger partial charge in [-0.25, -0.2) is 0 Å². The Kier molecular flexibility index (Phi) is 7.99. The number of thioether (sulfide) groups is 1. The van der Waals surface area contributed by atoms with Crippen molar-refractivity contribution in [1.29, 1.82) is 0 Å². The highest BCUT2D eigenvalue weighted by Crippen LogP contribution is 2.32. The Hall–Kier alpha value is -2.32. The predicted octanol–water partition coefficient (Wildman–Crippen LogP) is 7.43. The zero-order valence-electron chi connectivity index (χ0n) is 18.4. The van der Waals surface area contributed by atoms with Gasteiger partial charge >= 0.3 is 0 Å². The summed E-state index contributed by atoms with van der Waals surface area (Å²) >= 11 is 17.7. The van der Waals surface area contributed by atoms with Gasteiger partial charge in [0.15, 0.2) is 11.0 Å². The van der Waals surface area contributed by atoms with E-state index in [9.17, 15) is 4.79 Å². The number of nitrogens with zero attached hydrogens (tertiary/aromatic N) is 3. The van der Waals surface area contributed by atoms with Gasteiger partial charge in [0.2, 0.25) is 0 Å². The summed E-state index contributed by atoms with van der Waals surface area (Å²) in [5.74, 6) is 1.08. The van der Waals surface area contributed by atoms with Crippen molar-refractivity contribution < 1.29 is 4.79 Å². The molecule has 1 aromatic heterocycles. The number of nitrogens with one attached hydrogen (secondary N) is 1. The molecule has 0 saturated carbocycles. The molecule has 174 valence electrons. The van der Waals surface area contributed by atoms with Crippen molar-refractivity contribution in [1.82, 2.24) is 20.1 Å². The molecule has 0 fully saturated rings. The van der Waals surface area contributed by atoms with Crippen molar-refractivity contribution >= 4 is 56.8 Å². The molecule has 4 rings (SSSR count). The first kappa shape index (κ1) is 24.8. The minimum absolute atomic E-state index is 0.209. The van der Waals surface area contributed by atoms with Gasteiger partial charge in [0.25, 0.3) is 5.91 Å². The molecule has 1 N–H and O–H groups in total. The van der Waals surface area contributed by atoms with Gasteiger partial charge < -0.3 is 5.32 Å². The number of aromatic nitrogens is 3. The number of rotatable bonds is 7. The number of carbonyl (C=O) groups is 1. The van der Waals surface area contributed by atoms with E-state index in [-0.39, 0.29) is 5.91 Å². The third kappa shape index (κ3) is 5.66. The van der Waals surface area contributed by atoms with Gasteiger partial charge in [-0.2, -0.15) is 0 Å². The summed E-state index contributed by atoms with van der Waals surface area (Å²) in [6, 6.07) is 20.3.